The molecule has 1 atom stereocenters. The fourth-order valence-corrected chi connectivity index (χ4v) is 1.83. The quantitative estimate of drug-likeness (QED) is 0.882. The Balaban J connectivity index is 1.76. The Labute approximate surface area is 116 Å². The van der Waals surface area contributed by atoms with E-state index in [1.165, 1.54) is 12.1 Å². The van der Waals surface area contributed by atoms with Gasteiger partial charge in [0.1, 0.15) is 0 Å². The van der Waals surface area contributed by atoms with E-state index in [0.717, 1.165) is 5.56 Å². The standard InChI is InChI=1S/C15H16FNO3/c1-11(8-12-6-7-19-9-12)17-15(18)10-20-14-5-3-2-4-13(14)16/h2-7,9,11H,8,10H2,1H3,(H,17,18). The molecule has 0 saturated heterocycles. The lowest BCUT2D eigenvalue weighted by atomic mass is 10.1. The summed E-state index contributed by atoms with van der Waals surface area (Å²) in [6.07, 6.45) is 3.89. The number of nitrogens with one attached hydrogen (secondary N) is 1. The monoisotopic (exact) mass is 277 g/mol. The van der Waals surface area contributed by atoms with Crippen LogP contribution in [-0.4, -0.2) is 18.6 Å². The van der Waals surface area contributed by atoms with Crippen LogP contribution in [0.3, 0.4) is 0 Å². The Morgan fingerprint density at radius 2 is 2.20 bits per heavy atom. The number of hydrogen-bond donors (Lipinski definition) is 1. The summed E-state index contributed by atoms with van der Waals surface area (Å²) in [7, 11) is 0. The number of halogens is 1. The zero-order valence-electron chi connectivity index (χ0n) is 11.1. The van der Waals surface area contributed by atoms with Crippen LogP contribution >= 0.6 is 0 Å². The van der Waals surface area contributed by atoms with Gasteiger partial charge in [-0.25, -0.2) is 4.39 Å². The van der Waals surface area contributed by atoms with Gasteiger partial charge in [0.05, 0.1) is 12.5 Å². The molecule has 0 bridgehead atoms. The summed E-state index contributed by atoms with van der Waals surface area (Å²) in [5.74, 6) is -0.693. The van der Waals surface area contributed by atoms with Crippen LogP contribution in [0.4, 0.5) is 4.39 Å². The summed E-state index contributed by atoms with van der Waals surface area (Å²) in [5.41, 5.74) is 1.01. The molecule has 0 aliphatic carbocycles. The molecule has 20 heavy (non-hydrogen) atoms. The van der Waals surface area contributed by atoms with Crippen LogP contribution in [0.5, 0.6) is 5.75 Å². The summed E-state index contributed by atoms with van der Waals surface area (Å²) in [6.45, 7) is 1.67. The Hall–Kier alpha value is -2.30. The van der Waals surface area contributed by atoms with Crippen molar-refractivity contribution < 1.29 is 18.3 Å². The van der Waals surface area contributed by atoms with Gasteiger partial charge in [-0.05, 0) is 37.1 Å². The molecule has 0 aliphatic rings. The molecular formula is C15H16FNO3. The fourth-order valence-electron chi connectivity index (χ4n) is 1.83. The van der Waals surface area contributed by atoms with Crippen molar-refractivity contribution in [3.05, 3.63) is 54.2 Å². The van der Waals surface area contributed by atoms with Gasteiger partial charge in [-0.15, -0.1) is 0 Å². The smallest absolute Gasteiger partial charge is 0.258 e. The molecular weight excluding hydrogens is 261 g/mol. The maximum atomic E-state index is 13.3. The van der Waals surface area contributed by atoms with E-state index in [4.69, 9.17) is 9.15 Å². The summed E-state index contributed by atoms with van der Waals surface area (Å²) >= 11 is 0. The topological polar surface area (TPSA) is 51.5 Å². The predicted molar refractivity (Wildman–Crippen MR) is 71.9 cm³/mol. The van der Waals surface area contributed by atoms with Crippen molar-refractivity contribution in [3.63, 3.8) is 0 Å². The van der Waals surface area contributed by atoms with Gasteiger partial charge >= 0.3 is 0 Å². The number of benzene rings is 1. The van der Waals surface area contributed by atoms with E-state index >= 15 is 0 Å². The molecule has 0 fully saturated rings. The molecule has 106 valence electrons. The third kappa shape index (κ3) is 4.12. The first-order chi connectivity index (χ1) is 9.65. The minimum absolute atomic E-state index is 0.0516. The number of para-hydroxylation sites is 1. The molecule has 2 aromatic rings. The first-order valence-electron chi connectivity index (χ1n) is 6.33. The minimum atomic E-state index is -0.480. The van der Waals surface area contributed by atoms with Crippen LogP contribution in [-0.2, 0) is 11.2 Å². The average Bonchev–Trinajstić information content (AvgIpc) is 2.90. The Morgan fingerprint density at radius 1 is 1.40 bits per heavy atom. The van der Waals surface area contributed by atoms with Crippen LogP contribution in [0.1, 0.15) is 12.5 Å². The molecule has 1 unspecified atom stereocenters. The van der Waals surface area contributed by atoms with Gasteiger partial charge in [0.15, 0.2) is 18.2 Å². The van der Waals surface area contributed by atoms with Gasteiger partial charge in [-0.3, -0.25) is 4.79 Å². The highest BCUT2D eigenvalue weighted by atomic mass is 19.1. The van der Waals surface area contributed by atoms with Gasteiger partial charge < -0.3 is 14.5 Å². The van der Waals surface area contributed by atoms with Gasteiger partial charge in [0.25, 0.3) is 5.91 Å². The first-order valence-corrected chi connectivity index (χ1v) is 6.33. The molecule has 0 saturated carbocycles. The summed E-state index contributed by atoms with van der Waals surface area (Å²) in [5, 5.41) is 2.78. The van der Waals surface area contributed by atoms with Crippen molar-refractivity contribution in [1.82, 2.24) is 5.32 Å². The zero-order valence-corrected chi connectivity index (χ0v) is 11.1. The van der Waals surface area contributed by atoms with Gasteiger partial charge in [0.2, 0.25) is 0 Å². The van der Waals surface area contributed by atoms with Crippen LogP contribution in [0, 0.1) is 5.82 Å². The van der Waals surface area contributed by atoms with E-state index in [-0.39, 0.29) is 24.3 Å². The molecule has 0 aliphatic heterocycles. The van der Waals surface area contributed by atoms with Crippen LogP contribution in [0.15, 0.2) is 47.3 Å². The highest BCUT2D eigenvalue weighted by Gasteiger charge is 2.10. The number of hydrogen-bond acceptors (Lipinski definition) is 3. The molecule has 1 aromatic heterocycles. The van der Waals surface area contributed by atoms with Gasteiger partial charge in [-0.1, -0.05) is 12.1 Å². The summed E-state index contributed by atoms with van der Waals surface area (Å²) in [6, 6.07) is 7.78. The second-order valence-electron chi connectivity index (χ2n) is 4.52. The Bertz CT molecular complexity index is 554. The highest BCUT2D eigenvalue weighted by molar-refractivity contribution is 5.77. The van der Waals surface area contributed by atoms with Gasteiger partial charge in [-0.2, -0.15) is 0 Å². The molecule has 5 heteroatoms. The second kappa shape index (κ2) is 6.75. The maximum absolute atomic E-state index is 13.3. The Kier molecular flexibility index (Phi) is 4.76. The van der Waals surface area contributed by atoms with Crippen LogP contribution in [0.25, 0.3) is 0 Å². The third-order valence-electron chi connectivity index (χ3n) is 2.72. The fraction of sp³-hybridized carbons (Fsp3) is 0.267. The zero-order chi connectivity index (χ0) is 14.4. The van der Waals surface area contributed by atoms with Crippen LogP contribution < -0.4 is 10.1 Å². The largest absolute Gasteiger partial charge is 0.481 e. The number of carbonyl (C=O) groups is 1. The first kappa shape index (κ1) is 14.1. The number of ether oxygens (including phenoxy) is 1. The lowest BCUT2D eigenvalue weighted by molar-refractivity contribution is -0.123. The van der Waals surface area contributed by atoms with Crippen molar-refractivity contribution in [3.8, 4) is 5.75 Å². The second-order valence-corrected chi connectivity index (χ2v) is 4.52. The van der Waals surface area contributed by atoms with Crippen molar-refractivity contribution in [2.24, 2.45) is 0 Å². The molecule has 1 N–H and O–H groups in total. The third-order valence-corrected chi connectivity index (χ3v) is 2.72. The molecule has 1 aromatic carbocycles. The van der Waals surface area contributed by atoms with Crippen LogP contribution in [0.2, 0.25) is 0 Å². The predicted octanol–water partition coefficient (Wildman–Crippen LogP) is 2.54. The van der Waals surface area contributed by atoms with Crippen molar-refractivity contribution in [2.45, 2.75) is 19.4 Å². The Morgan fingerprint density at radius 3 is 2.90 bits per heavy atom. The van der Waals surface area contributed by atoms with E-state index in [1.54, 1.807) is 24.7 Å². The van der Waals surface area contributed by atoms with Crippen molar-refractivity contribution in [2.75, 3.05) is 6.61 Å². The number of amides is 1. The summed E-state index contributed by atoms with van der Waals surface area (Å²) < 4.78 is 23.4. The minimum Gasteiger partial charge on any atom is -0.481 e. The molecule has 0 spiro atoms. The molecule has 1 amide bonds. The molecule has 0 radical (unpaired) electrons. The average molecular weight is 277 g/mol. The van der Waals surface area contributed by atoms with Crippen molar-refractivity contribution >= 4 is 5.91 Å². The molecule has 1 heterocycles. The highest BCUT2D eigenvalue weighted by Crippen LogP contribution is 2.14. The summed E-state index contributed by atoms with van der Waals surface area (Å²) in [4.78, 5) is 11.7. The van der Waals surface area contributed by atoms with E-state index < -0.39 is 5.82 Å². The van der Waals surface area contributed by atoms with Crippen molar-refractivity contribution in [1.29, 1.82) is 0 Å². The number of rotatable bonds is 6. The molecule has 2 rings (SSSR count). The lowest BCUT2D eigenvalue weighted by Gasteiger charge is -2.13. The lowest BCUT2D eigenvalue weighted by Crippen LogP contribution is -2.37. The molecule has 4 nitrogen and oxygen atoms in total. The van der Waals surface area contributed by atoms with Gasteiger partial charge in [0, 0.05) is 6.04 Å². The van der Waals surface area contributed by atoms with E-state index in [9.17, 15) is 9.18 Å². The van der Waals surface area contributed by atoms with E-state index in [2.05, 4.69) is 5.32 Å². The van der Waals surface area contributed by atoms with E-state index in [0.29, 0.717) is 6.42 Å². The maximum Gasteiger partial charge on any atom is 0.258 e. The number of carbonyl (C=O) groups excluding carboxylic acids is 1. The number of furan rings is 1. The normalized spacial score (nSPS) is 11.9. The van der Waals surface area contributed by atoms with E-state index in [1.807, 2.05) is 13.0 Å². The SMILES string of the molecule is CC(Cc1ccoc1)NC(=O)COc1ccccc1F.